The summed E-state index contributed by atoms with van der Waals surface area (Å²) in [5.74, 6) is 0.498. The molecule has 0 aliphatic rings. The van der Waals surface area contributed by atoms with E-state index in [2.05, 4.69) is 0 Å². The summed E-state index contributed by atoms with van der Waals surface area (Å²) in [6.07, 6.45) is -0.601. The van der Waals surface area contributed by atoms with Crippen molar-refractivity contribution in [3.8, 4) is 11.5 Å². The van der Waals surface area contributed by atoms with Gasteiger partial charge in [-0.25, -0.2) is 4.39 Å². The van der Waals surface area contributed by atoms with E-state index in [1.54, 1.807) is 37.3 Å². The molecule has 0 unspecified atom stereocenters. The van der Waals surface area contributed by atoms with Crippen molar-refractivity contribution in [3.05, 3.63) is 58.4 Å². The van der Waals surface area contributed by atoms with Gasteiger partial charge in [0.15, 0.2) is 0 Å². The van der Waals surface area contributed by atoms with Crippen molar-refractivity contribution in [1.29, 1.82) is 0 Å². The van der Waals surface area contributed by atoms with Gasteiger partial charge in [-0.15, -0.1) is 0 Å². The summed E-state index contributed by atoms with van der Waals surface area (Å²) in [6, 6.07) is 9.58. The number of hydrogen-bond acceptors (Lipinski definition) is 3. The van der Waals surface area contributed by atoms with Crippen molar-refractivity contribution in [1.82, 2.24) is 0 Å². The lowest BCUT2D eigenvalue weighted by Crippen LogP contribution is -2.00. The first kappa shape index (κ1) is 15.6. The van der Waals surface area contributed by atoms with Gasteiger partial charge in [0.25, 0.3) is 0 Å². The molecule has 0 aromatic heterocycles. The van der Waals surface area contributed by atoms with Gasteiger partial charge in [0.1, 0.15) is 23.9 Å². The van der Waals surface area contributed by atoms with E-state index in [9.17, 15) is 9.50 Å². The zero-order valence-electron chi connectivity index (χ0n) is 11.8. The summed E-state index contributed by atoms with van der Waals surface area (Å²) in [5.41, 5.74) is 1.11. The van der Waals surface area contributed by atoms with Crippen LogP contribution in [0, 0.1) is 5.82 Å². The highest BCUT2D eigenvalue weighted by molar-refractivity contribution is 6.32. The summed E-state index contributed by atoms with van der Waals surface area (Å²) >= 11 is 6.08. The van der Waals surface area contributed by atoms with E-state index in [0.717, 1.165) is 0 Å². The molecule has 2 aromatic carbocycles. The molecule has 0 saturated carbocycles. The normalized spacial score (nSPS) is 12.0. The Morgan fingerprint density at radius 3 is 2.57 bits per heavy atom. The largest absolute Gasteiger partial charge is 0.497 e. The Morgan fingerprint density at radius 2 is 2.00 bits per heavy atom. The third kappa shape index (κ3) is 3.86. The van der Waals surface area contributed by atoms with Gasteiger partial charge < -0.3 is 14.6 Å². The maximum Gasteiger partial charge on any atom is 0.138 e. The van der Waals surface area contributed by atoms with E-state index >= 15 is 0 Å². The molecule has 2 aromatic rings. The third-order valence-corrected chi connectivity index (χ3v) is 3.38. The van der Waals surface area contributed by atoms with Crippen molar-refractivity contribution in [2.24, 2.45) is 0 Å². The van der Waals surface area contributed by atoms with Crippen LogP contribution in [0.5, 0.6) is 11.5 Å². The summed E-state index contributed by atoms with van der Waals surface area (Å²) in [4.78, 5) is 0. The molecule has 0 radical (unpaired) electrons. The maximum absolute atomic E-state index is 13.8. The fraction of sp³-hybridized carbons (Fsp3) is 0.250. The average Bonchev–Trinajstić information content (AvgIpc) is 2.46. The molecule has 1 atom stereocenters. The van der Waals surface area contributed by atoms with Gasteiger partial charge in [-0.1, -0.05) is 17.7 Å². The molecular formula is C16H16ClFO3. The van der Waals surface area contributed by atoms with Gasteiger partial charge in [0.2, 0.25) is 0 Å². The van der Waals surface area contributed by atoms with Gasteiger partial charge in [-0.2, -0.15) is 0 Å². The van der Waals surface area contributed by atoms with E-state index in [4.69, 9.17) is 21.1 Å². The quantitative estimate of drug-likeness (QED) is 0.903. The van der Waals surface area contributed by atoms with Crippen LogP contribution < -0.4 is 9.47 Å². The summed E-state index contributed by atoms with van der Waals surface area (Å²) in [5, 5.41) is 9.85. The highest BCUT2D eigenvalue weighted by atomic mass is 35.5. The van der Waals surface area contributed by atoms with E-state index in [0.29, 0.717) is 27.6 Å². The minimum Gasteiger partial charge on any atom is -0.497 e. The molecule has 0 saturated heterocycles. The molecule has 1 N–H and O–H groups in total. The zero-order valence-corrected chi connectivity index (χ0v) is 12.5. The lowest BCUT2D eigenvalue weighted by molar-refractivity contribution is 0.199. The van der Waals surface area contributed by atoms with Crippen LogP contribution in [0.25, 0.3) is 0 Å². The summed E-state index contributed by atoms with van der Waals surface area (Å²) in [6.45, 7) is 1.71. The second kappa shape index (κ2) is 6.78. The summed E-state index contributed by atoms with van der Waals surface area (Å²) < 4.78 is 24.2. The standard InChI is InChI=1S/C16H16ClFO3/c1-10(19)11-4-6-16(14(17)7-11)21-9-12-3-5-13(20-2)8-15(12)18/h3-8,10,19H,9H2,1-2H3/t10-/m0/s1. The van der Waals surface area contributed by atoms with E-state index in [-0.39, 0.29) is 6.61 Å². The molecule has 2 rings (SSSR count). The van der Waals surface area contributed by atoms with Gasteiger partial charge in [0.05, 0.1) is 18.2 Å². The lowest BCUT2D eigenvalue weighted by atomic mass is 10.1. The molecule has 21 heavy (non-hydrogen) atoms. The molecule has 0 aliphatic heterocycles. The molecular weight excluding hydrogens is 295 g/mol. The Bertz CT molecular complexity index is 629. The average molecular weight is 311 g/mol. The number of methoxy groups -OCH3 is 1. The van der Waals surface area contributed by atoms with Crippen molar-refractivity contribution in [2.45, 2.75) is 19.6 Å². The molecule has 3 nitrogen and oxygen atoms in total. The highest BCUT2D eigenvalue weighted by Crippen LogP contribution is 2.29. The minimum atomic E-state index is -0.601. The first-order valence-electron chi connectivity index (χ1n) is 6.44. The number of benzene rings is 2. The van der Waals surface area contributed by atoms with Crippen molar-refractivity contribution in [2.75, 3.05) is 7.11 Å². The molecule has 0 heterocycles. The Kier molecular flexibility index (Phi) is 5.04. The van der Waals surface area contributed by atoms with Crippen LogP contribution in [0.3, 0.4) is 0 Å². The van der Waals surface area contributed by atoms with Crippen LogP contribution in [0.1, 0.15) is 24.2 Å². The zero-order chi connectivity index (χ0) is 15.4. The number of hydrogen-bond donors (Lipinski definition) is 1. The van der Waals surface area contributed by atoms with Crippen molar-refractivity contribution < 1.29 is 19.0 Å². The van der Waals surface area contributed by atoms with E-state index in [1.165, 1.54) is 13.2 Å². The first-order valence-corrected chi connectivity index (χ1v) is 6.81. The van der Waals surface area contributed by atoms with E-state index in [1.807, 2.05) is 0 Å². The molecule has 112 valence electrons. The van der Waals surface area contributed by atoms with Gasteiger partial charge in [-0.05, 0) is 36.8 Å². The Morgan fingerprint density at radius 1 is 1.24 bits per heavy atom. The molecule has 5 heteroatoms. The predicted molar refractivity (Wildman–Crippen MR) is 79.4 cm³/mol. The number of rotatable bonds is 5. The fourth-order valence-electron chi connectivity index (χ4n) is 1.82. The first-order chi connectivity index (χ1) is 10.0. The van der Waals surface area contributed by atoms with Gasteiger partial charge in [0, 0.05) is 11.6 Å². The van der Waals surface area contributed by atoms with Gasteiger partial charge >= 0.3 is 0 Å². The number of aliphatic hydroxyl groups is 1. The smallest absolute Gasteiger partial charge is 0.138 e. The van der Waals surface area contributed by atoms with Crippen LogP contribution in [-0.2, 0) is 6.61 Å². The third-order valence-electron chi connectivity index (χ3n) is 3.08. The molecule has 0 spiro atoms. The Balaban J connectivity index is 2.09. The minimum absolute atomic E-state index is 0.0591. The fourth-order valence-corrected chi connectivity index (χ4v) is 2.07. The van der Waals surface area contributed by atoms with Gasteiger partial charge in [-0.3, -0.25) is 0 Å². The second-order valence-corrected chi connectivity index (χ2v) is 5.02. The van der Waals surface area contributed by atoms with E-state index < -0.39 is 11.9 Å². The van der Waals surface area contributed by atoms with Crippen molar-refractivity contribution in [3.63, 3.8) is 0 Å². The van der Waals surface area contributed by atoms with Crippen molar-refractivity contribution >= 4 is 11.6 Å². The maximum atomic E-state index is 13.8. The Hall–Kier alpha value is -1.78. The second-order valence-electron chi connectivity index (χ2n) is 4.61. The van der Waals surface area contributed by atoms with Crippen LogP contribution in [0.4, 0.5) is 4.39 Å². The van der Waals surface area contributed by atoms with Crippen LogP contribution in [-0.4, -0.2) is 12.2 Å². The Labute approximate surface area is 127 Å². The molecule has 0 aliphatic carbocycles. The predicted octanol–water partition coefficient (Wildman–Crippen LogP) is 4.12. The molecule has 0 bridgehead atoms. The van der Waals surface area contributed by atoms with Crippen LogP contribution in [0.15, 0.2) is 36.4 Å². The highest BCUT2D eigenvalue weighted by Gasteiger charge is 2.09. The monoisotopic (exact) mass is 310 g/mol. The molecule has 0 amide bonds. The molecule has 0 fully saturated rings. The van der Waals surface area contributed by atoms with Crippen LogP contribution in [0.2, 0.25) is 5.02 Å². The number of halogens is 2. The number of ether oxygens (including phenoxy) is 2. The SMILES string of the molecule is COc1ccc(COc2ccc([C@H](C)O)cc2Cl)c(F)c1. The lowest BCUT2D eigenvalue weighted by Gasteiger charge is -2.11. The van der Waals surface area contributed by atoms with Crippen LogP contribution >= 0.6 is 11.6 Å². The summed E-state index contributed by atoms with van der Waals surface area (Å²) in [7, 11) is 1.48. The topological polar surface area (TPSA) is 38.7 Å². The number of aliphatic hydroxyl groups excluding tert-OH is 1.